The Morgan fingerprint density at radius 2 is 1.94 bits per heavy atom. The maximum atomic E-state index is 12.6. The highest BCUT2D eigenvalue weighted by atomic mass is 32.1. The van der Waals surface area contributed by atoms with E-state index in [2.05, 4.69) is 27.7 Å². The zero-order valence-electron chi connectivity index (χ0n) is 18.1. The van der Waals surface area contributed by atoms with E-state index in [1.165, 1.54) is 5.56 Å². The van der Waals surface area contributed by atoms with Crippen LogP contribution in [0.4, 0.5) is 5.69 Å². The average Bonchev–Trinajstić information content (AvgIpc) is 3.52. The molecule has 2 amide bonds. The monoisotopic (exact) mass is 459 g/mol. The standard InChI is InChI=1S/C26H25N3O3S/c30-16-20-3-1-11-29(20)15-17-5-8-19(9-6-17)27-14-23-22-13-18(24-4-2-12-33-24)7-10-21(22)25(31)28-26(23)32/h2,4-10,12-14,20,27,30H,1,3,11,15-16H2,(H,28,31,32)/b23-14-/t20-/m0/s1. The van der Waals surface area contributed by atoms with Crippen molar-refractivity contribution in [1.29, 1.82) is 0 Å². The first-order valence-corrected chi connectivity index (χ1v) is 11.9. The van der Waals surface area contributed by atoms with Crippen molar-refractivity contribution < 1.29 is 14.7 Å². The van der Waals surface area contributed by atoms with Gasteiger partial charge in [0.1, 0.15) is 0 Å². The zero-order valence-corrected chi connectivity index (χ0v) is 18.9. The van der Waals surface area contributed by atoms with E-state index in [9.17, 15) is 14.7 Å². The molecule has 1 saturated heterocycles. The van der Waals surface area contributed by atoms with Crippen LogP contribution in [0.15, 0.2) is 66.2 Å². The van der Waals surface area contributed by atoms with Crippen molar-refractivity contribution in [2.75, 3.05) is 18.5 Å². The van der Waals surface area contributed by atoms with E-state index in [1.807, 2.05) is 41.8 Å². The van der Waals surface area contributed by atoms with E-state index in [-0.39, 0.29) is 18.6 Å². The van der Waals surface area contributed by atoms with Crippen LogP contribution in [0.1, 0.15) is 34.3 Å². The first-order chi connectivity index (χ1) is 16.1. The topological polar surface area (TPSA) is 81.7 Å². The number of aliphatic hydroxyl groups is 1. The van der Waals surface area contributed by atoms with Gasteiger partial charge in [-0.1, -0.05) is 24.3 Å². The number of carbonyl (C=O) groups is 2. The number of fused-ring (bicyclic) bond motifs is 1. The summed E-state index contributed by atoms with van der Waals surface area (Å²) in [6.45, 7) is 2.03. The molecule has 6 nitrogen and oxygen atoms in total. The first-order valence-electron chi connectivity index (χ1n) is 11.1. The molecule has 0 radical (unpaired) electrons. The molecular weight excluding hydrogens is 434 g/mol. The number of likely N-dealkylation sites (tertiary alicyclic amines) is 1. The summed E-state index contributed by atoms with van der Waals surface area (Å²) in [6.07, 6.45) is 3.83. The van der Waals surface area contributed by atoms with Gasteiger partial charge in [0.25, 0.3) is 11.8 Å². The van der Waals surface area contributed by atoms with Gasteiger partial charge >= 0.3 is 0 Å². The number of amides is 2. The molecule has 0 unspecified atom stereocenters. The Labute approximate surface area is 196 Å². The number of thiophene rings is 1. The van der Waals surface area contributed by atoms with Gasteiger partial charge in [-0.2, -0.15) is 0 Å². The Balaban J connectivity index is 1.36. The highest BCUT2D eigenvalue weighted by Gasteiger charge is 2.28. The second kappa shape index (κ2) is 9.31. The molecule has 0 bridgehead atoms. The molecule has 7 heteroatoms. The normalized spacial score (nSPS) is 19.5. The minimum absolute atomic E-state index is 0.202. The fourth-order valence-corrected chi connectivity index (χ4v) is 5.19. The lowest BCUT2D eigenvalue weighted by Crippen LogP contribution is -2.36. The molecule has 0 spiro atoms. The SMILES string of the molecule is O=C1NC(=O)c2ccc(-c3cccs3)cc2/C1=C/Nc1ccc(CN2CCC[C@H]2CO)cc1. The largest absolute Gasteiger partial charge is 0.395 e. The number of hydrogen-bond donors (Lipinski definition) is 3. The number of benzene rings is 2. The summed E-state index contributed by atoms with van der Waals surface area (Å²) in [7, 11) is 0. The quantitative estimate of drug-likeness (QED) is 0.382. The summed E-state index contributed by atoms with van der Waals surface area (Å²) < 4.78 is 0. The highest BCUT2D eigenvalue weighted by molar-refractivity contribution is 7.13. The molecule has 5 rings (SSSR count). The molecule has 1 fully saturated rings. The molecular formula is C26H25N3O3S. The maximum absolute atomic E-state index is 12.6. The van der Waals surface area contributed by atoms with Crippen LogP contribution in [0, 0.1) is 0 Å². The van der Waals surface area contributed by atoms with Crippen LogP contribution in [0.5, 0.6) is 0 Å². The Morgan fingerprint density at radius 1 is 1.09 bits per heavy atom. The highest BCUT2D eigenvalue weighted by Crippen LogP contribution is 2.32. The fourth-order valence-electron chi connectivity index (χ4n) is 4.47. The van der Waals surface area contributed by atoms with Crippen LogP contribution in [-0.2, 0) is 11.3 Å². The number of nitrogens with zero attached hydrogens (tertiary/aromatic N) is 1. The summed E-state index contributed by atoms with van der Waals surface area (Å²) in [5.41, 5.74) is 4.55. The van der Waals surface area contributed by atoms with E-state index in [0.29, 0.717) is 16.7 Å². The van der Waals surface area contributed by atoms with E-state index < -0.39 is 5.91 Å². The molecule has 33 heavy (non-hydrogen) atoms. The minimum Gasteiger partial charge on any atom is -0.395 e. The van der Waals surface area contributed by atoms with E-state index in [4.69, 9.17) is 0 Å². The molecule has 1 atom stereocenters. The third-order valence-corrected chi connectivity index (χ3v) is 7.18. The van der Waals surface area contributed by atoms with Crippen molar-refractivity contribution in [1.82, 2.24) is 10.2 Å². The van der Waals surface area contributed by atoms with Crippen molar-refractivity contribution in [2.45, 2.75) is 25.4 Å². The number of hydrogen-bond acceptors (Lipinski definition) is 6. The van der Waals surface area contributed by atoms with Crippen molar-refractivity contribution in [3.8, 4) is 10.4 Å². The van der Waals surface area contributed by atoms with Gasteiger partial charge in [-0.25, -0.2) is 0 Å². The van der Waals surface area contributed by atoms with Crippen LogP contribution in [-0.4, -0.2) is 41.0 Å². The predicted octanol–water partition coefficient (Wildman–Crippen LogP) is 4.09. The van der Waals surface area contributed by atoms with Crippen molar-refractivity contribution in [3.63, 3.8) is 0 Å². The Hall–Kier alpha value is -3.26. The van der Waals surface area contributed by atoms with Gasteiger partial charge in [0.15, 0.2) is 0 Å². The lowest BCUT2D eigenvalue weighted by molar-refractivity contribution is -0.114. The van der Waals surface area contributed by atoms with Crippen LogP contribution in [0.2, 0.25) is 0 Å². The Morgan fingerprint density at radius 3 is 2.70 bits per heavy atom. The van der Waals surface area contributed by atoms with E-state index >= 15 is 0 Å². The van der Waals surface area contributed by atoms with Crippen molar-refractivity contribution in [2.24, 2.45) is 0 Å². The van der Waals surface area contributed by atoms with Gasteiger partial charge in [-0.05, 0) is 66.2 Å². The number of imide groups is 1. The van der Waals surface area contributed by atoms with Crippen LogP contribution in [0.3, 0.4) is 0 Å². The third kappa shape index (κ3) is 4.48. The summed E-state index contributed by atoms with van der Waals surface area (Å²) >= 11 is 1.62. The minimum atomic E-state index is -0.413. The molecule has 2 aliphatic heterocycles. The summed E-state index contributed by atoms with van der Waals surface area (Å²) in [4.78, 5) is 28.4. The second-order valence-corrected chi connectivity index (χ2v) is 9.32. The Kier molecular flexibility index (Phi) is 6.09. The smallest absolute Gasteiger partial charge is 0.260 e. The van der Waals surface area contributed by atoms with Crippen LogP contribution < -0.4 is 10.6 Å². The molecule has 3 heterocycles. The predicted molar refractivity (Wildman–Crippen MR) is 131 cm³/mol. The van der Waals surface area contributed by atoms with E-state index in [1.54, 1.807) is 23.6 Å². The molecule has 0 aliphatic carbocycles. The lowest BCUT2D eigenvalue weighted by Gasteiger charge is -2.22. The summed E-state index contributed by atoms with van der Waals surface area (Å²) in [5, 5.41) is 17.2. The number of rotatable bonds is 6. The van der Waals surface area contributed by atoms with Gasteiger partial charge < -0.3 is 10.4 Å². The molecule has 2 aliphatic rings. The first kappa shape index (κ1) is 21.6. The Bertz CT molecular complexity index is 1200. The van der Waals surface area contributed by atoms with Gasteiger partial charge in [0.05, 0.1) is 12.2 Å². The lowest BCUT2D eigenvalue weighted by atomic mass is 9.93. The molecule has 3 N–H and O–H groups in total. The molecule has 3 aromatic rings. The van der Waals surface area contributed by atoms with Crippen molar-refractivity contribution >= 4 is 34.4 Å². The van der Waals surface area contributed by atoms with Crippen LogP contribution >= 0.6 is 11.3 Å². The van der Waals surface area contributed by atoms with Gasteiger partial charge in [-0.15, -0.1) is 11.3 Å². The summed E-state index contributed by atoms with van der Waals surface area (Å²) in [6, 6.07) is 17.9. The number of anilines is 1. The average molecular weight is 460 g/mol. The van der Waals surface area contributed by atoms with Crippen LogP contribution in [0.25, 0.3) is 16.0 Å². The number of nitrogens with one attached hydrogen (secondary N) is 2. The molecule has 168 valence electrons. The number of carbonyl (C=O) groups excluding carboxylic acids is 2. The third-order valence-electron chi connectivity index (χ3n) is 6.26. The molecule has 2 aromatic carbocycles. The maximum Gasteiger partial charge on any atom is 0.260 e. The summed E-state index contributed by atoms with van der Waals surface area (Å²) in [5.74, 6) is -0.790. The van der Waals surface area contributed by atoms with Crippen molar-refractivity contribution in [3.05, 3.63) is 82.9 Å². The van der Waals surface area contributed by atoms with Gasteiger partial charge in [-0.3, -0.25) is 19.8 Å². The van der Waals surface area contributed by atoms with E-state index in [0.717, 1.165) is 42.1 Å². The number of aliphatic hydroxyl groups excluding tert-OH is 1. The second-order valence-electron chi connectivity index (χ2n) is 8.37. The van der Waals surface area contributed by atoms with Gasteiger partial charge in [0.2, 0.25) is 0 Å². The molecule has 1 aromatic heterocycles. The van der Waals surface area contributed by atoms with Gasteiger partial charge in [0, 0.05) is 40.5 Å². The zero-order chi connectivity index (χ0) is 22.8. The fraction of sp³-hybridized carbons (Fsp3) is 0.231. The molecule has 0 saturated carbocycles.